The van der Waals surface area contributed by atoms with Crippen molar-refractivity contribution in [2.75, 3.05) is 20.3 Å². The van der Waals surface area contributed by atoms with Crippen molar-refractivity contribution in [3.63, 3.8) is 0 Å². The van der Waals surface area contributed by atoms with E-state index in [1.165, 1.54) is 7.11 Å². The van der Waals surface area contributed by atoms with E-state index in [0.717, 1.165) is 16.5 Å². The molecule has 0 spiro atoms. The van der Waals surface area contributed by atoms with Crippen LogP contribution in [-0.2, 0) is 16.0 Å². The van der Waals surface area contributed by atoms with Crippen LogP contribution in [-0.4, -0.2) is 37.4 Å². The number of methoxy groups -OCH3 is 1. The molecule has 1 atom stereocenters. The van der Waals surface area contributed by atoms with Crippen LogP contribution in [0.15, 0.2) is 26.0 Å². The largest absolute Gasteiger partial charge is 0.463 e. The SMILES string of the molecule is COC[C@@H](O)CNC(=O)Cc1c(C)c2c(cc(C)c3c(C)coc32)oc1=O. The molecule has 0 aliphatic heterocycles. The van der Waals surface area contributed by atoms with E-state index in [0.29, 0.717) is 22.1 Å². The van der Waals surface area contributed by atoms with Gasteiger partial charge in [-0.3, -0.25) is 4.79 Å². The summed E-state index contributed by atoms with van der Waals surface area (Å²) in [5, 5.41) is 13.9. The van der Waals surface area contributed by atoms with Gasteiger partial charge in [-0.25, -0.2) is 4.79 Å². The van der Waals surface area contributed by atoms with Crippen LogP contribution >= 0.6 is 0 Å². The van der Waals surface area contributed by atoms with Crippen molar-refractivity contribution in [2.24, 2.45) is 0 Å². The van der Waals surface area contributed by atoms with Gasteiger partial charge in [0.2, 0.25) is 5.91 Å². The number of aliphatic hydroxyl groups excluding tert-OH is 1. The first kappa shape index (κ1) is 19.1. The fraction of sp³-hybridized carbons (Fsp3) is 0.400. The van der Waals surface area contributed by atoms with Gasteiger partial charge in [0.15, 0.2) is 0 Å². The quantitative estimate of drug-likeness (QED) is 0.642. The van der Waals surface area contributed by atoms with Gasteiger partial charge in [0.25, 0.3) is 0 Å². The summed E-state index contributed by atoms with van der Waals surface area (Å²) in [6, 6.07) is 1.82. The minimum Gasteiger partial charge on any atom is -0.463 e. The number of hydrogen-bond donors (Lipinski definition) is 2. The first-order chi connectivity index (χ1) is 12.8. The third-order valence-corrected chi connectivity index (χ3v) is 4.70. The zero-order chi connectivity index (χ0) is 19.7. The number of hydrogen-bond acceptors (Lipinski definition) is 6. The van der Waals surface area contributed by atoms with E-state index in [2.05, 4.69) is 5.32 Å². The standard InChI is InChI=1S/C20H23NO6/c1-10-5-15-18(19-17(10)11(2)8-26-19)12(3)14(20(24)27-15)6-16(23)21-7-13(22)9-25-4/h5,8,13,22H,6-7,9H2,1-4H3,(H,21,23)/t13-/m0/s1. The molecule has 7 nitrogen and oxygen atoms in total. The van der Waals surface area contributed by atoms with Crippen LogP contribution in [0, 0.1) is 20.8 Å². The summed E-state index contributed by atoms with van der Waals surface area (Å²) in [6.45, 7) is 5.84. The molecule has 0 radical (unpaired) electrons. The highest BCUT2D eigenvalue weighted by molar-refractivity contribution is 6.07. The number of amides is 1. The van der Waals surface area contributed by atoms with Crippen molar-refractivity contribution >= 4 is 27.8 Å². The lowest BCUT2D eigenvalue weighted by atomic mass is 9.99. The number of carbonyl (C=O) groups is 1. The van der Waals surface area contributed by atoms with Crippen molar-refractivity contribution in [1.82, 2.24) is 5.32 Å². The van der Waals surface area contributed by atoms with Gasteiger partial charge in [0.1, 0.15) is 11.2 Å². The molecule has 144 valence electrons. The summed E-state index contributed by atoms with van der Waals surface area (Å²) in [5.41, 5.74) is 3.45. The first-order valence-corrected chi connectivity index (χ1v) is 8.70. The molecular weight excluding hydrogens is 350 g/mol. The van der Waals surface area contributed by atoms with Gasteiger partial charge in [-0.15, -0.1) is 0 Å². The molecule has 0 saturated carbocycles. The van der Waals surface area contributed by atoms with Crippen molar-refractivity contribution in [3.8, 4) is 0 Å². The normalized spacial score (nSPS) is 12.6. The molecule has 1 amide bonds. The maximum Gasteiger partial charge on any atom is 0.340 e. The Balaban J connectivity index is 1.99. The smallest absolute Gasteiger partial charge is 0.340 e. The minimum absolute atomic E-state index is 0.0471. The first-order valence-electron chi connectivity index (χ1n) is 8.70. The van der Waals surface area contributed by atoms with Crippen LogP contribution in [0.4, 0.5) is 0 Å². The second kappa shape index (κ2) is 7.54. The van der Waals surface area contributed by atoms with Gasteiger partial charge in [0, 0.05) is 19.0 Å². The van der Waals surface area contributed by atoms with Crippen LogP contribution in [0.3, 0.4) is 0 Å². The second-order valence-corrected chi connectivity index (χ2v) is 6.77. The highest BCUT2D eigenvalue weighted by Gasteiger charge is 2.20. The number of carbonyl (C=O) groups excluding carboxylic acids is 1. The topological polar surface area (TPSA) is 102 Å². The van der Waals surface area contributed by atoms with E-state index in [4.69, 9.17) is 13.6 Å². The van der Waals surface area contributed by atoms with Crippen LogP contribution in [0.1, 0.15) is 22.3 Å². The predicted molar refractivity (Wildman–Crippen MR) is 101 cm³/mol. The van der Waals surface area contributed by atoms with Gasteiger partial charge < -0.3 is 24.0 Å². The van der Waals surface area contributed by atoms with Crippen molar-refractivity contribution in [2.45, 2.75) is 33.3 Å². The number of ether oxygens (including phenoxy) is 1. The Labute approximate surface area is 155 Å². The van der Waals surface area contributed by atoms with Gasteiger partial charge >= 0.3 is 5.63 Å². The lowest BCUT2D eigenvalue weighted by Crippen LogP contribution is -2.36. The summed E-state index contributed by atoms with van der Waals surface area (Å²) in [7, 11) is 1.47. The van der Waals surface area contributed by atoms with Gasteiger partial charge in [-0.05, 0) is 43.5 Å². The molecule has 0 aliphatic rings. The summed E-state index contributed by atoms with van der Waals surface area (Å²) < 4.78 is 16.0. The number of benzene rings is 1. The van der Waals surface area contributed by atoms with Crippen LogP contribution in [0.25, 0.3) is 21.9 Å². The maximum atomic E-state index is 12.4. The fourth-order valence-corrected chi connectivity index (χ4v) is 3.38. The van der Waals surface area contributed by atoms with E-state index in [-0.39, 0.29) is 31.0 Å². The van der Waals surface area contributed by atoms with Crippen LogP contribution in [0.2, 0.25) is 0 Å². The summed E-state index contributed by atoms with van der Waals surface area (Å²) >= 11 is 0. The van der Waals surface area contributed by atoms with Gasteiger partial charge in [0.05, 0.1) is 36.3 Å². The van der Waals surface area contributed by atoms with Crippen LogP contribution in [0.5, 0.6) is 0 Å². The van der Waals surface area contributed by atoms with E-state index in [1.54, 1.807) is 13.2 Å². The maximum absolute atomic E-state index is 12.4. The summed E-state index contributed by atoms with van der Waals surface area (Å²) in [4.78, 5) is 24.7. The second-order valence-electron chi connectivity index (χ2n) is 6.77. The Morgan fingerprint density at radius 1 is 1.26 bits per heavy atom. The molecule has 7 heteroatoms. The van der Waals surface area contributed by atoms with Crippen LogP contribution < -0.4 is 10.9 Å². The Morgan fingerprint density at radius 3 is 2.70 bits per heavy atom. The molecule has 3 aromatic rings. The Bertz CT molecular complexity index is 1060. The van der Waals surface area contributed by atoms with Crippen molar-refractivity contribution in [1.29, 1.82) is 0 Å². The average Bonchev–Trinajstić information content (AvgIpc) is 2.99. The molecule has 0 unspecified atom stereocenters. The molecule has 1 aromatic carbocycles. The zero-order valence-electron chi connectivity index (χ0n) is 15.8. The molecule has 0 bridgehead atoms. The minimum atomic E-state index is -0.804. The summed E-state index contributed by atoms with van der Waals surface area (Å²) in [5.74, 6) is -0.376. The molecule has 27 heavy (non-hydrogen) atoms. The number of aliphatic hydroxyl groups is 1. The Morgan fingerprint density at radius 2 is 2.00 bits per heavy atom. The number of aryl methyl sites for hydroxylation is 3. The van der Waals surface area contributed by atoms with Gasteiger partial charge in [-0.1, -0.05) is 0 Å². The highest BCUT2D eigenvalue weighted by atomic mass is 16.5. The number of rotatable bonds is 6. The molecule has 0 aliphatic carbocycles. The van der Waals surface area contributed by atoms with E-state index < -0.39 is 11.7 Å². The third-order valence-electron chi connectivity index (χ3n) is 4.70. The van der Waals surface area contributed by atoms with Gasteiger partial charge in [-0.2, -0.15) is 0 Å². The molecule has 2 heterocycles. The third kappa shape index (κ3) is 3.61. The lowest BCUT2D eigenvalue weighted by Gasteiger charge is -2.12. The molecular formula is C20H23NO6. The zero-order valence-corrected chi connectivity index (χ0v) is 15.8. The highest BCUT2D eigenvalue weighted by Crippen LogP contribution is 2.34. The fourth-order valence-electron chi connectivity index (χ4n) is 3.38. The monoisotopic (exact) mass is 373 g/mol. The molecule has 2 aromatic heterocycles. The number of fused-ring (bicyclic) bond motifs is 3. The van der Waals surface area contributed by atoms with E-state index >= 15 is 0 Å². The summed E-state index contributed by atoms with van der Waals surface area (Å²) in [6.07, 6.45) is 0.728. The number of furan rings is 1. The lowest BCUT2D eigenvalue weighted by molar-refractivity contribution is -0.121. The predicted octanol–water partition coefficient (Wildman–Crippen LogP) is 2.13. The Hall–Kier alpha value is -2.64. The molecule has 2 N–H and O–H groups in total. The molecule has 0 saturated heterocycles. The van der Waals surface area contributed by atoms with Crippen molar-refractivity contribution < 1.29 is 23.5 Å². The molecule has 0 fully saturated rings. The Kier molecular flexibility index (Phi) is 5.34. The van der Waals surface area contributed by atoms with Crippen molar-refractivity contribution in [3.05, 3.63) is 45.0 Å². The average molecular weight is 373 g/mol. The number of nitrogens with one attached hydrogen (secondary N) is 1. The van der Waals surface area contributed by atoms with E-state index in [9.17, 15) is 14.7 Å². The van der Waals surface area contributed by atoms with E-state index in [1.807, 2.05) is 19.9 Å². The molecule has 3 rings (SSSR count).